The summed E-state index contributed by atoms with van der Waals surface area (Å²) in [6, 6.07) is 0.908. The average molecular weight is 236 g/mol. The molecule has 1 amide bonds. The number of hydrogen-bond donors (Lipinski definition) is 2. The van der Waals surface area contributed by atoms with E-state index in [1.807, 2.05) is 0 Å². The van der Waals surface area contributed by atoms with Crippen molar-refractivity contribution in [3.8, 4) is 0 Å². The van der Waals surface area contributed by atoms with Crippen LogP contribution in [0.3, 0.4) is 0 Å². The maximum Gasteiger partial charge on any atom is 0.218 e. The van der Waals surface area contributed by atoms with Crippen LogP contribution >= 0.6 is 0 Å². The Hall–Kier alpha value is -0.570. The van der Waals surface area contributed by atoms with E-state index in [2.05, 4.69) is 12.2 Å². The van der Waals surface area contributed by atoms with E-state index < -0.39 is 0 Å². The van der Waals surface area contributed by atoms with E-state index in [0.717, 1.165) is 23.7 Å². The summed E-state index contributed by atoms with van der Waals surface area (Å²) in [6.07, 6.45) is 7.64. The van der Waals surface area contributed by atoms with Gasteiger partial charge in [-0.15, -0.1) is 0 Å². The third kappa shape index (κ3) is 1.99. The van der Waals surface area contributed by atoms with Crippen LogP contribution in [0.1, 0.15) is 45.4 Å². The van der Waals surface area contributed by atoms with Crippen LogP contribution in [0.15, 0.2) is 0 Å². The van der Waals surface area contributed by atoms with E-state index in [4.69, 9.17) is 5.73 Å². The smallest absolute Gasteiger partial charge is 0.218 e. The highest BCUT2D eigenvalue weighted by molar-refractivity contribution is 5.74. The molecule has 3 nitrogen and oxygen atoms in total. The van der Waals surface area contributed by atoms with Crippen molar-refractivity contribution in [3.63, 3.8) is 0 Å². The lowest BCUT2D eigenvalue weighted by atomic mass is 9.79. The molecule has 0 aromatic carbocycles. The molecule has 0 aromatic heterocycles. The zero-order chi connectivity index (χ0) is 12.0. The molecule has 3 N–H and O–H groups in total. The number of amides is 1. The predicted octanol–water partition coefficient (Wildman–Crippen LogP) is 1.66. The largest absolute Gasteiger partial charge is 0.370 e. The fraction of sp³-hybridized carbons (Fsp3) is 0.929. The zero-order valence-corrected chi connectivity index (χ0v) is 10.7. The van der Waals surface area contributed by atoms with Gasteiger partial charge in [0.05, 0.1) is 0 Å². The van der Waals surface area contributed by atoms with Crippen molar-refractivity contribution in [3.05, 3.63) is 0 Å². The fourth-order valence-electron chi connectivity index (χ4n) is 4.99. The molecule has 2 bridgehead atoms. The van der Waals surface area contributed by atoms with Gasteiger partial charge in [-0.25, -0.2) is 0 Å². The highest BCUT2D eigenvalue weighted by Crippen LogP contribution is 2.58. The molecule has 6 unspecified atom stereocenters. The van der Waals surface area contributed by atoms with Gasteiger partial charge in [0, 0.05) is 18.5 Å². The Labute approximate surface area is 104 Å². The van der Waals surface area contributed by atoms with Crippen LogP contribution in [0.4, 0.5) is 0 Å². The Bertz CT molecular complexity index is 317. The standard InChI is InChI=1S/C14H24N2O/c1-8(5-14(15)17)16-13-7-9-6-12(13)11-4-2-3-10(9)11/h8-13,16H,2-7H2,1H3,(H2,15,17). The van der Waals surface area contributed by atoms with Crippen molar-refractivity contribution in [2.45, 2.75) is 57.5 Å². The Kier molecular flexibility index (Phi) is 2.89. The summed E-state index contributed by atoms with van der Waals surface area (Å²) in [4.78, 5) is 10.9. The SMILES string of the molecule is CC(CC(N)=O)NC1CC2CC1C1CCCC21. The van der Waals surface area contributed by atoms with Crippen LogP contribution in [0.25, 0.3) is 0 Å². The van der Waals surface area contributed by atoms with Gasteiger partial charge in [-0.05, 0) is 56.3 Å². The van der Waals surface area contributed by atoms with Gasteiger partial charge >= 0.3 is 0 Å². The molecule has 96 valence electrons. The second-order valence-electron chi connectivity index (χ2n) is 6.50. The predicted molar refractivity (Wildman–Crippen MR) is 67.2 cm³/mol. The van der Waals surface area contributed by atoms with E-state index in [9.17, 15) is 4.79 Å². The Morgan fingerprint density at radius 3 is 2.82 bits per heavy atom. The van der Waals surface area contributed by atoms with Crippen molar-refractivity contribution in [1.82, 2.24) is 5.32 Å². The molecule has 0 aliphatic heterocycles. The van der Waals surface area contributed by atoms with Gasteiger partial charge in [-0.2, -0.15) is 0 Å². The van der Waals surface area contributed by atoms with Gasteiger partial charge in [0.1, 0.15) is 0 Å². The molecule has 3 aliphatic carbocycles. The Balaban J connectivity index is 1.58. The third-order valence-electron chi connectivity index (χ3n) is 5.43. The molecular formula is C14H24N2O. The molecule has 0 spiro atoms. The van der Waals surface area contributed by atoms with Crippen molar-refractivity contribution in [2.75, 3.05) is 0 Å². The first-order valence-electron chi connectivity index (χ1n) is 7.19. The first-order chi connectivity index (χ1) is 8.15. The molecule has 3 heteroatoms. The third-order valence-corrected chi connectivity index (χ3v) is 5.43. The second kappa shape index (κ2) is 4.27. The summed E-state index contributed by atoms with van der Waals surface area (Å²) >= 11 is 0. The highest BCUT2D eigenvalue weighted by atomic mass is 16.1. The minimum Gasteiger partial charge on any atom is -0.370 e. The van der Waals surface area contributed by atoms with Gasteiger partial charge in [0.25, 0.3) is 0 Å². The number of rotatable bonds is 4. The van der Waals surface area contributed by atoms with E-state index >= 15 is 0 Å². The van der Waals surface area contributed by atoms with Gasteiger partial charge in [0.15, 0.2) is 0 Å². The maximum atomic E-state index is 10.9. The lowest BCUT2D eigenvalue weighted by Gasteiger charge is -2.33. The minimum atomic E-state index is -0.188. The first kappa shape index (κ1) is 11.5. The topological polar surface area (TPSA) is 55.1 Å². The number of carbonyl (C=O) groups excluding carboxylic acids is 1. The van der Waals surface area contributed by atoms with Crippen molar-refractivity contribution < 1.29 is 4.79 Å². The molecule has 6 atom stereocenters. The molecule has 0 heterocycles. The monoisotopic (exact) mass is 236 g/mol. The van der Waals surface area contributed by atoms with Crippen LogP contribution in [0.5, 0.6) is 0 Å². The second-order valence-corrected chi connectivity index (χ2v) is 6.50. The molecule has 3 fully saturated rings. The highest BCUT2D eigenvalue weighted by Gasteiger charge is 2.53. The summed E-state index contributed by atoms with van der Waals surface area (Å²) in [7, 11) is 0. The molecule has 0 saturated heterocycles. The van der Waals surface area contributed by atoms with Crippen LogP contribution < -0.4 is 11.1 Å². The van der Waals surface area contributed by atoms with E-state index in [-0.39, 0.29) is 11.9 Å². The van der Waals surface area contributed by atoms with Crippen LogP contribution in [0, 0.1) is 23.7 Å². The molecular weight excluding hydrogens is 212 g/mol. The van der Waals surface area contributed by atoms with E-state index in [1.165, 1.54) is 32.1 Å². The summed E-state index contributed by atoms with van der Waals surface area (Å²) in [5.74, 6) is 3.72. The summed E-state index contributed by atoms with van der Waals surface area (Å²) < 4.78 is 0. The molecule has 0 aromatic rings. The maximum absolute atomic E-state index is 10.9. The minimum absolute atomic E-state index is 0.188. The van der Waals surface area contributed by atoms with Gasteiger partial charge in [-0.3, -0.25) is 4.79 Å². The van der Waals surface area contributed by atoms with Crippen LogP contribution in [-0.4, -0.2) is 18.0 Å². The summed E-state index contributed by atoms with van der Waals surface area (Å²) in [6.45, 7) is 2.09. The van der Waals surface area contributed by atoms with Gasteiger partial charge in [0.2, 0.25) is 5.91 Å². The lowest BCUT2D eigenvalue weighted by molar-refractivity contribution is -0.118. The number of nitrogens with one attached hydrogen (secondary N) is 1. The molecule has 3 rings (SSSR count). The quantitative estimate of drug-likeness (QED) is 0.780. The molecule has 17 heavy (non-hydrogen) atoms. The molecule has 3 saturated carbocycles. The summed E-state index contributed by atoms with van der Waals surface area (Å²) in [5.41, 5.74) is 5.25. The Morgan fingerprint density at radius 2 is 2.06 bits per heavy atom. The van der Waals surface area contributed by atoms with E-state index in [0.29, 0.717) is 12.5 Å². The number of carbonyl (C=O) groups is 1. The fourth-order valence-corrected chi connectivity index (χ4v) is 4.99. The number of fused-ring (bicyclic) bond motifs is 5. The Morgan fingerprint density at radius 1 is 1.29 bits per heavy atom. The van der Waals surface area contributed by atoms with Crippen molar-refractivity contribution in [2.24, 2.45) is 29.4 Å². The number of primary amides is 1. The van der Waals surface area contributed by atoms with Crippen LogP contribution in [0.2, 0.25) is 0 Å². The average Bonchev–Trinajstić information content (AvgIpc) is 2.83. The zero-order valence-electron chi connectivity index (χ0n) is 10.7. The number of nitrogens with two attached hydrogens (primary N) is 1. The molecule has 3 aliphatic rings. The number of hydrogen-bond acceptors (Lipinski definition) is 2. The lowest BCUT2D eigenvalue weighted by Crippen LogP contribution is -2.44. The first-order valence-corrected chi connectivity index (χ1v) is 7.19. The normalized spacial score (nSPS) is 44.9. The van der Waals surface area contributed by atoms with Crippen molar-refractivity contribution in [1.29, 1.82) is 0 Å². The van der Waals surface area contributed by atoms with Crippen LogP contribution in [-0.2, 0) is 4.79 Å². The van der Waals surface area contributed by atoms with Gasteiger partial charge < -0.3 is 11.1 Å². The summed E-state index contributed by atoms with van der Waals surface area (Å²) in [5, 5.41) is 3.65. The van der Waals surface area contributed by atoms with Crippen molar-refractivity contribution >= 4 is 5.91 Å². The molecule has 0 radical (unpaired) electrons. The van der Waals surface area contributed by atoms with Gasteiger partial charge in [-0.1, -0.05) is 6.42 Å². The van der Waals surface area contributed by atoms with E-state index in [1.54, 1.807) is 0 Å².